The Hall–Kier alpha value is -4.30. The molecule has 3 aromatic carbocycles. The minimum atomic E-state index is -1.74. The van der Waals surface area contributed by atoms with Crippen molar-refractivity contribution in [3.63, 3.8) is 0 Å². The van der Waals surface area contributed by atoms with Crippen molar-refractivity contribution in [1.29, 1.82) is 0 Å². The second-order valence-electron chi connectivity index (χ2n) is 9.65. The summed E-state index contributed by atoms with van der Waals surface area (Å²) in [6.45, 7) is 2.31. The molecule has 0 aliphatic carbocycles. The number of hydrogen-bond acceptors (Lipinski definition) is 5. The van der Waals surface area contributed by atoms with E-state index in [1.165, 1.54) is 15.9 Å². The Morgan fingerprint density at radius 3 is 2.55 bits per heavy atom. The molecule has 0 saturated heterocycles. The Morgan fingerprint density at radius 2 is 1.76 bits per heavy atom. The number of carbonyl (C=O) groups excluding carboxylic acids is 2. The Morgan fingerprint density at radius 1 is 1.00 bits per heavy atom. The van der Waals surface area contributed by atoms with E-state index in [0.717, 1.165) is 5.56 Å². The van der Waals surface area contributed by atoms with Gasteiger partial charge in [0, 0.05) is 31.4 Å². The van der Waals surface area contributed by atoms with E-state index in [2.05, 4.69) is 0 Å². The number of anilines is 1. The minimum absolute atomic E-state index is 0.00602. The molecule has 2 amide bonds. The van der Waals surface area contributed by atoms with Gasteiger partial charge in [0.1, 0.15) is 11.4 Å². The van der Waals surface area contributed by atoms with Gasteiger partial charge >= 0.3 is 0 Å². The molecule has 1 atom stereocenters. The van der Waals surface area contributed by atoms with E-state index in [4.69, 9.17) is 9.15 Å². The number of ether oxygens (including phenoxy) is 1. The first-order valence-corrected chi connectivity index (χ1v) is 12.4. The average molecular weight is 513 g/mol. The van der Waals surface area contributed by atoms with Gasteiger partial charge in [0.25, 0.3) is 11.8 Å². The molecular weight excluding hydrogens is 487 g/mol. The Labute approximate surface area is 218 Å². The third kappa shape index (κ3) is 3.26. The number of amides is 2. The fourth-order valence-electron chi connectivity index (χ4n) is 5.73. The first kappa shape index (κ1) is 24.1. The number of aryl methyl sites for hydroxylation is 1. The van der Waals surface area contributed by atoms with Gasteiger partial charge in [0.05, 0.1) is 23.2 Å². The lowest BCUT2D eigenvalue weighted by atomic mass is 9.84. The molecule has 8 heteroatoms. The van der Waals surface area contributed by atoms with Gasteiger partial charge < -0.3 is 19.0 Å². The molecule has 7 nitrogen and oxygen atoms in total. The summed E-state index contributed by atoms with van der Waals surface area (Å²) < 4.78 is 26.0. The Balaban J connectivity index is 1.63. The molecule has 0 fully saturated rings. The molecule has 192 valence electrons. The van der Waals surface area contributed by atoms with Crippen LogP contribution in [0.5, 0.6) is 0 Å². The van der Waals surface area contributed by atoms with Gasteiger partial charge in [-0.1, -0.05) is 48.0 Å². The van der Waals surface area contributed by atoms with Crippen molar-refractivity contribution < 1.29 is 23.1 Å². The van der Waals surface area contributed by atoms with Crippen LogP contribution in [0.25, 0.3) is 11.0 Å². The summed E-state index contributed by atoms with van der Waals surface area (Å²) in [4.78, 5) is 45.5. The fraction of sp³-hybridized carbons (Fsp3) is 0.233. The third-order valence-corrected chi connectivity index (χ3v) is 7.41. The lowest BCUT2D eigenvalue weighted by Gasteiger charge is -2.34. The summed E-state index contributed by atoms with van der Waals surface area (Å²) in [5.74, 6) is -1.61. The lowest BCUT2D eigenvalue weighted by molar-refractivity contribution is -0.126. The van der Waals surface area contributed by atoms with Crippen LogP contribution in [0.1, 0.15) is 39.2 Å². The maximum absolute atomic E-state index is 14.7. The first-order valence-electron chi connectivity index (χ1n) is 12.4. The normalized spacial score (nSPS) is 18.1. The fourth-order valence-corrected chi connectivity index (χ4v) is 5.73. The van der Waals surface area contributed by atoms with Crippen LogP contribution in [0, 0.1) is 12.7 Å². The van der Waals surface area contributed by atoms with Crippen molar-refractivity contribution in [3.05, 3.63) is 111 Å². The average Bonchev–Trinajstić information content (AvgIpc) is 3.31. The zero-order valence-corrected chi connectivity index (χ0v) is 21.0. The number of nitrogens with zero attached hydrogens (tertiary/aromatic N) is 2. The van der Waals surface area contributed by atoms with Crippen molar-refractivity contribution in [2.75, 3.05) is 25.2 Å². The summed E-state index contributed by atoms with van der Waals surface area (Å²) >= 11 is 0. The summed E-state index contributed by atoms with van der Waals surface area (Å²) in [6.07, 6.45) is 0.438. The van der Waals surface area contributed by atoms with E-state index < -0.39 is 28.6 Å². The monoisotopic (exact) mass is 512 g/mol. The van der Waals surface area contributed by atoms with Gasteiger partial charge in [-0.05, 0) is 37.6 Å². The molecule has 2 aliphatic rings. The highest BCUT2D eigenvalue weighted by molar-refractivity contribution is 6.17. The van der Waals surface area contributed by atoms with E-state index in [1.807, 2.05) is 6.92 Å². The largest absolute Gasteiger partial charge is 0.450 e. The number of para-hydroxylation sites is 1. The van der Waals surface area contributed by atoms with Crippen molar-refractivity contribution in [2.24, 2.45) is 0 Å². The molecule has 0 unspecified atom stereocenters. The molecule has 38 heavy (non-hydrogen) atoms. The molecule has 3 heterocycles. The zero-order valence-electron chi connectivity index (χ0n) is 21.0. The van der Waals surface area contributed by atoms with Crippen molar-refractivity contribution >= 4 is 28.5 Å². The van der Waals surface area contributed by atoms with Gasteiger partial charge in [-0.25, -0.2) is 4.39 Å². The van der Waals surface area contributed by atoms with Crippen LogP contribution in [-0.2, 0) is 21.6 Å². The van der Waals surface area contributed by atoms with E-state index in [-0.39, 0.29) is 30.0 Å². The topological polar surface area (TPSA) is 80.1 Å². The van der Waals surface area contributed by atoms with Crippen molar-refractivity contribution in [3.8, 4) is 0 Å². The van der Waals surface area contributed by atoms with Crippen LogP contribution in [0.4, 0.5) is 10.1 Å². The smallest absolute Gasteiger partial charge is 0.291 e. The molecule has 2 aliphatic heterocycles. The number of rotatable bonds is 6. The van der Waals surface area contributed by atoms with E-state index in [1.54, 1.807) is 67.8 Å². The second-order valence-corrected chi connectivity index (χ2v) is 9.65. The SMILES string of the molecule is COCCCN1C(=O)c2oc3ccc(C)cc3c(=O)c2[C@@]12C(=O)N(Cc1ccccc1F)c1ccccc12. The van der Waals surface area contributed by atoms with E-state index >= 15 is 0 Å². The summed E-state index contributed by atoms with van der Waals surface area (Å²) in [7, 11) is 1.56. The van der Waals surface area contributed by atoms with Crippen LogP contribution < -0.4 is 10.3 Å². The molecule has 0 N–H and O–H groups in total. The van der Waals surface area contributed by atoms with Gasteiger partial charge in [-0.15, -0.1) is 0 Å². The highest BCUT2D eigenvalue weighted by atomic mass is 19.1. The number of methoxy groups -OCH3 is 1. The van der Waals surface area contributed by atoms with Crippen LogP contribution in [-0.4, -0.2) is 37.0 Å². The Kier molecular flexibility index (Phi) is 5.65. The Bertz CT molecular complexity index is 1680. The standard InChI is InChI=1S/C30H25FN2O5/c1-18-12-13-24-20(16-18)26(34)25-27(38-24)28(35)33(14-7-15-37-2)30(25)21-9-4-6-11-23(21)32(29(30)36)17-19-8-3-5-10-22(19)31/h3-6,8-13,16H,7,14-15,17H2,1-2H3/t30-/m0/s1. The number of halogens is 1. The predicted octanol–water partition coefficient (Wildman–Crippen LogP) is 4.52. The molecule has 4 aromatic rings. The highest BCUT2D eigenvalue weighted by Crippen LogP contribution is 2.53. The molecule has 0 radical (unpaired) electrons. The zero-order chi connectivity index (χ0) is 26.6. The number of fused-ring (bicyclic) bond motifs is 5. The lowest BCUT2D eigenvalue weighted by Crippen LogP contribution is -2.53. The summed E-state index contributed by atoms with van der Waals surface area (Å²) in [5.41, 5.74) is 0.301. The number of benzene rings is 3. The first-order chi connectivity index (χ1) is 18.4. The molecular formula is C30H25FN2O5. The molecule has 1 aromatic heterocycles. The van der Waals surface area contributed by atoms with Crippen molar-refractivity contribution in [2.45, 2.75) is 25.4 Å². The summed E-state index contributed by atoms with van der Waals surface area (Å²) in [6, 6.07) is 18.5. The maximum atomic E-state index is 14.7. The van der Waals surface area contributed by atoms with Crippen LogP contribution in [0.3, 0.4) is 0 Å². The van der Waals surface area contributed by atoms with E-state index in [9.17, 15) is 18.8 Å². The molecule has 0 saturated carbocycles. The minimum Gasteiger partial charge on any atom is -0.450 e. The van der Waals surface area contributed by atoms with Gasteiger partial charge in [0.2, 0.25) is 5.76 Å². The van der Waals surface area contributed by atoms with E-state index in [0.29, 0.717) is 35.2 Å². The highest BCUT2D eigenvalue weighted by Gasteiger charge is 2.64. The quantitative estimate of drug-likeness (QED) is 0.355. The van der Waals surface area contributed by atoms with Crippen molar-refractivity contribution in [1.82, 2.24) is 4.90 Å². The number of carbonyl (C=O) groups is 2. The van der Waals surface area contributed by atoms with Gasteiger partial charge in [-0.2, -0.15) is 0 Å². The van der Waals surface area contributed by atoms with Crippen LogP contribution in [0.15, 0.2) is 75.9 Å². The number of hydrogen-bond donors (Lipinski definition) is 0. The second kappa shape index (κ2) is 8.92. The van der Waals surface area contributed by atoms with Gasteiger partial charge in [0.15, 0.2) is 11.0 Å². The molecule has 1 spiro atoms. The molecule has 0 bridgehead atoms. The predicted molar refractivity (Wildman–Crippen MR) is 140 cm³/mol. The van der Waals surface area contributed by atoms with Gasteiger partial charge in [-0.3, -0.25) is 14.4 Å². The van der Waals surface area contributed by atoms with Crippen LogP contribution >= 0.6 is 0 Å². The summed E-state index contributed by atoms with van der Waals surface area (Å²) in [5, 5.41) is 0.299. The third-order valence-electron chi connectivity index (χ3n) is 7.41. The maximum Gasteiger partial charge on any atom is 0.291 e. The van der Waals surface area contributed by atoms with Crippen LogP contribution in [0.2, 0.25) is 0 Å². The molecule has 6 rings (SSSR count).